The highest BCUT2D eigenvalue weighted by Gasteiger charge is 2.33. The summed E-state index contributed by atoms with van der Waals surface area (Å²) >= 11 is 0. The predicted octanol–water partition coefficient (Wildman–Crippen LogP) is 2.84. The Bertz CT molecular complexity index is 501. The normalized spacial score (nSPS) is 22.9. The highest BCUT2D eigenvalue weighted by molar-refractivity contribution is 6.03. The predicted molar refractivity (Wildman–Crippen MR) is 69.4 cm³/mol. The summed E-state index contributed by atoms with van der Waals surface area (Å²) in [5.41, 5.74) is 2.22. The number of aryl methyl sites for hydroxylation is 1. The molecule has 1 amide bonds. The molecular formula is C14H17FN2O. The second-order valence-electron chi connectivity index (χ2n) is 5.17. The number of rotatable bonds is 0. The third-order valence-electron chi connectivity index (χ3n) is 3.90. The average molecular weight is 248 g/mol. The van der Waals surface area contributed by atoms with Crippen LogP contribution in [0.1, 0.15) is 31.2 Å². The smallest absolute Gasteiger partial charge is 0.247 e. The molecule has 1 aromatic rings. The van der Waals surface area contributed by atoms with Crippen molar-refractivity contribution in [3.8, 4) is 0 Å². The summed E-state index contributed by atoms with van der Waals surface area (Å²) in [7, 11) is 0. The van der Waals surface area contributed by atoms with Gasteiger partial charge in [0.05, 0.1) is 11.4 Å². The fraction of sp³-hybridized carbons (Fsp3) is 0.500. The van der Waals surface area contributed by atoms with Crippen LogP contribution in [0.2, 0.25) is 0 Å². The molecule has 1 fully saturated rings. The van der Waals surface area contributed by atoms with Gasteiger partial charge in [-0.1, -0.05) is 12.8 Å². The summed E-state index contributed by atoms with van der Waals surface area (Å²) in [4.78, 5) is 14.2. The van der Waals surface area contributed by atoms with Crippen LogP contribution in [0, 0.1) is 12.7 Å². The molecule has 3 nitrogen and oxygen atoms in total. The van der Waals surface area contributed by atoms with Crippen molar-refractivity contribution >= 4 is 17.3 Å². The Morgan fingerprint density at radius 2 is 2.17 bits per heavy atom. The Balaban J connectivity index is 2.08. The van der Waals surface area contributed by atoms with E-state index < -0.39 is 0 Å². The number of fused-ring (bicyclic) bond motifs is 3. The molecule has 1 N–H and O–H groups in total. The first-order chi connectivity index (χ1) is 8.66. The summed E-state index contributed by atoms with van der Waals surface area (Å²) in [6, 6.07) is 3.21. The number of nitrogens with one attached hydrogen (secondary N) is 1. The van der Waals surface area contributed by atoms with Crippen molar-refractivity contribution in [2.45, 2.75) is 38.6 Å². The minimum atomic E-state index is -0.262. The Hall–Kier alpha value is -1.58. The number of carbonyl (C=O) groups is 1. The number of nitrogens with zero attached hydrogens (tertiary/aromatic N) is 1. The Morgan fingerprint density at radius 3 is 3.00 bits per heavy atom. The maximum atomic E-state index is 13.6. The average Bonchev–Trinajstić information content (AvgIpc) is 2.58. The molecule has 1 atom stereocenters. The van der Waals surface area contributed by atoms with Gasteiger partial charge >= 0.3 is 0 Å². The number of amides is 1. The first-order valence-electron chi connectivity index (χ1n) is 6.54. The third-order valence-corrected chi connectivity index (χ3v) is 3.90. The standard InChI is InChI=1S/C14H17FN2O/c1-9-7-13-11(8-10(9)15)16-14(18)12-5-3-2-4-6-17(12)13/h7-8,12H,2-6H2,1H3,(H,16,18). The molecule has 2 heterocycles. The molecular weight excluding hydrogens is 231 g/mol. The molecule has 2 aliphatic rings. The Kier molecular flexibility index (Phi) is 2.73. The van der Waals surface area contributed by atoms with Crippen molar-refractivity contribution in [1.29, 1.82) is 0 Å². The van der Waals surface area contributed by atoms with Gasteiger partial charge in [0.2, 0.25) is 5.91 Å². The minimum Gasteiger partial charge on any atom is -0.358 e. The number of hydrogen-bond donors (Lipinski definition) is 1. The SMILES string of the molecule is Cc1cc2c(cc1F)NC(=O)C1CCCCCN21. The van der Waals surface area contributed by atoms with Gasteiger partial charge in [0.1, 0.15) is 11.9 Å². The van der Waals surface area contributed by atoms with Gasteiger partial charge in [-0.3, -0.25) is 4.79 Å². The van der Waals surface area contributed by atoms with Gasteiger partial charge in [0.25, 0.3) is 0 Å². The summed E-state index contributed by atoms with van der Waals surface area (Å²) in [6.07, 6.45) is 4.24. The topological polar surface area (TPSA) is 32.3 Å². The van der Waals surface area contributed by atoms with Crippen LogP contribution in [0.25, 0.3) is 0 Å². The summed E-state index contributed by atoms with van der Waals surface area (Å²) in [5.74, 6) is -0.255. The Morgan fingerprint density at radius 1 is 1.33 bits per heavy atom. The zero-order valence-corrected chi connectivity index (χ0v) is 10.5. The van der Waals surface area contributed by atoms with E-state index in [1.165, 1.54) is 6.07 Å². The van der Waals surface area contributed by atoms with E-state index >= 15 is 0 Å². The maximum Gasteiger partial charge on any atom is 0.247 e. The second kappa shape index (κ2) is 4.26. The van der Waals surface area contributed by atoms with Crippen molar-refractivity contribution in [3.05, 3.63) is 23.5 Å². The van der Waals surface area contributed by atoms with Gasteiger partial charge in [-0.05, 0) is 37.5 Å². The van der Waals surface area contributed by atoms with E-state index in [1.54, 1.807) is 6.92 Å². The molecule has 0 bridgehead atoms. The quantitative estimate of drug-likeness (QED) is 0.765. The summed E-state index contributed by atoms with van der Waals surface area (Å²) in [6.45, 7) is 2.65. The van der Waals surface area contributed by atoms with Gasteiger partial charge in [-0.25, -0.2) is 4.39 Å². The number of hydrogen-bond acceptors (Lipinski definition) is 2. The van der Waals surface area contributed by atoms with Crippen molar-refractivity contribution in [1.82, 2.24) is 0 Å². The molecule has 1 aromatic carbocycles. The number of benzene rings is 1. The zero-order chi connectivity index (χ0) is 12.7. The highest BCUT2D eigenvalue weighted by Crippen LogP contribution is 2.36. The van der Waals surface area contributed by atoms with Crippen LogP contribution in [0.3, 0.4) is 0 Å². The van der Waals surface area contributed by atoms with Crippen LogP contribution in [-0.2, 0) is 4.79 Å². The van der Waals surface area contributed by atoms with Crippen LogP contribution >= 0.6 is 0 Å². The molecule has 96 valence electrons. The molecule has 1 saturated heterocycles. The minimum absolute atomic E-state index is 0.00709. The molecule has 18 heavy (non-hydrogen) atoms. The van der Waals surface area contributed by atoms with Crippen LogP contribution in [0.4, 0.5) is 15.8 Å². The maximum absolute atomic E-state index is 13.6. The van der Waals surface area contributed by atoms with E-state index in [4.69, 9.17) is 0 Å². The van der Waals surface area contributed by atoms with Crippen LogP contribution in [0.5, 0.6) is 0 Å². The zero-order valence-electron chi connectivity index (χ0n) is 10.5. The summed E-state index contributed by atoms with van der Waals surface area (Å²) < 4.78 is 13.6. The second-order valence-corrected chi connectivity index (χ2v) is 5.17. The molecule has 0 aromatic heterocycles. The van der Waals surface area contributed by atoms with Crippen molar-refractivity contribution < 1.29 is 9.18 Å². The summed E-state index contributed by atoms with van der Waals surface area (Å²) in [5, 5.41) is 2.83. The monoisotopic (exact) mass is 248 g/mol. The van der Waals surface area contributed by atoms with E-state index in [0.29, 0.717) is 11.3 Å². The lowest BCUT2D eigenvalue weighted by atomic mass is 10.0. The van der Waals surface area contributed by atoms with Crippen LogP contribution in [-0.4, -0.2) is 18.5 Å². The lowest BCUT2D eigenvalue weighted by molar-refractivity contribution is -0.117. The van der Waals surface area contributed by atoms with E-state index in [2.05, 4.69) is 10.2 Å². The third kappa shape index (κ3) is 1.76. The van der Waals surface area contributed by atoms with Crippen LogP contribution < -0.4 is 10.2 Å². The Labute approximate surface area is 106 Å². The molecule has 3 rings (SSSR count). The van der Waals surface area contributed by atoms with Gasteiger partial charge < -0.3 is 10.2 Å². The largest absolute Gasteiger partial charge is 0.358 e. The van der Waals surface area contributed by atoms with Gasteiger partial charge in [-0.15, -0.1) is 0 Å². The highest BCUT2D eigenvalue weighted by atomic mass is 19.1. The van der Waals surface area contributed by atoms with E-state index in [0.717, 1.165) is 37.9 Å². The first-order valence-corrected chi connectivity index (χ1v) is 6.54. The molecule has 0 saturated carbocycles. The lowest BCUT2D eigenvalue weighted by Crippen LogP contribution is -2.47. The van der Waals surface area contributed by atoms with Crippen LogP contribution in [0.15, 0.2) is 12.1 Å². The van der Waals surface area contributed by atoms with E-state index in [1.807, 2.05) is 6.07 Å². The van der Waals surface area contributed by atoms with E-state index in [9.17, 15) is 9.18 Å². The molecule has 0 aliphatic carbocycles. The first kappa shape index (κ1) is 11.5. The number of halogens is 1. The van der Waals surface area contributed by atoms with Crippen molar-refractivity contribution in [2.24, 2.45) is 0 Å². The van der Waals surface area contributed by atoms with E-state index in [-0.39, 0.29) is 17.8 Å². The van der Waals surface area contributed by atoms with Gasteiger partial charge in [0.15, 0.2) is 0 Å². The van der Waals surface area contributed by atoms with Crippen molar-refractivity contribution in [2.75, 3.05) is 16.8 Å². The lowest BCUT2D eigenvalue weighted by Gasteiger charge is -2.37. The van der Waals surface area contributed by atoms with Gasteiger partial charge in [0, 0.05) is 6.54 Å². The fourth-order valence-corrected chi connectivity index (χ4v) is 2.89. The molecule has 0 radical (unpaired) electrons. The number of carbonyl (C=O) groups excluding carboxylic acids is 1. The molecule has 2 aliphatic heterocycles. The molecule has 0 spiro atoms. The van der Waals surface area contributed by atoms with Gasteiger partial charge in [-0.2, -0.15) is 0 Å². The number of anilines is 2. The van der Waals surface area contributed by atoms with Crippen molar-refractivity contribution in [3.63, 3.8) is 0 Å². The fourth-order valence-electron chi connectivity index (χ4n) is 2.89. The molecule has 4 heteroatoms. The molecule has 1 unspecified atom stereocenters.